The van der Waals surface area contributed by atoms with Gasteiger partial charge in [0.15, 0.2) is 0 Å². The summed E-state index contributed by atoms with van der Waals surface area (Å²) < 4.78 is 0. The molecule has 3 heteroatoms. The fraction of sp³-hybridized carbons (Fsp3) is 0.778. The monoisotopic (exact) mass is 416 g/mol. The Balaban J connectivity index is 1.73. The molecular weight excluding hydrogens is 372 g/mol. The highest BCUT2D eigenvalue weighted by molar-refractivity contribution is 5.26. The van der Waals surface area contributed by atoms with Gasteiger partial charge in [-0.2, -0.15) is 0 Å². The van der Waals surface area contributed by atoms with Gasteiger partial charge >= 0.3 is 0 Å². The molecule has 0 unspecified atom stereocenters. The SMILES string of the molecule is C[C@H](/C=C/[C@H](C)[C@@H]1CC[C@@H]2/C(=C/C=C3C[C@H](O)C[C@@H](O)C3)CCC[C@]21C)C(C)(C)O. The average molecular weight is 417 g/mol. The number of rotatable bonds is 5. The van der Waals surface area contributed by atoms with E-state index < -0.39 is 17.8 Å². The van der Waals surface area contributed by atoms with Crippen molar-refractivity contribution in [1.82, 2.24) is 0 Å². The van der Waals surface area contributed by atoms with E-state index in [0.29, 0.717) is 42.4 Å². The van der Waals surface area contributed by atoms with E-state index >= 15 is 0 Å². The van der Waals surface area contributed by atoms with Crippen molar-refractivity contribution >= 4 is 0 Å². The van der Waals surface area contributed by atoms with Crippen molar-refractivity contribution < 1.29 is 15.3 Å². The Labute approximate surface area is 184 Å². The minimum Gasteiger partial charge on any atom is -0.393 e. The van der Waals surface area contributed by atoms with Crippen LogP contribution in [0.1, 0.15) is 86.0 Å². The van der Waals surface area contributed by atoms with Crippen LogP contribution in [0.3, 0.4) is 0 Å². The number of allylic oxidation sites excluding steroid dienone is 4. The lowest BCUT2D eigenvalue weighted by molar-refractivity contribution is 0.0436. The summed E-state index contributed by atoms with van der Waals surface area (Å²) in [5.74, 6) is 2.00. The Bertz CT molecular complexity index is 671. The van der Waals surface area contributed by atoms with Gasteiger partial charge in [-0.3, -0.25) is 0 Å². The van der Waals surface area contributed by atoms with Crippen molar-refractivity contribution in [1.29, 1.82) is 0 Å². The number of hydrogen-bond acceptors (Lipinski definition) is 3. The van der Waals surface area contributed by atoms with Crippen molar-refractivity contribution in [3.63, 3.8) is 0 Å². The normalized spacial score (nSPS) is 38.7. The minimum atomic E-state index is -0.674. The van der Waals surface area contributed by atoms with Gasteiger partial charge < -0.3 is 15.3 Å². The Morgan fingerprint density at radius 1 is 1.03 bits per heavy atom. The molecule has 7 atom stereocenters. The van der Waals surface area contributed by atoms with Crippen LogP contribution in [0.4, 0.5) is 0 Å². The van der Waals surface area contributed by atoms with Gasteiger partial charge in [0.1, 0.15) is 0 Å². The van der Waals surface area contributed by atoms with E-state index in [1.165, 1.54) is 37.7 Å². The molecule has 30 heavy (non-hydrogen) atoms. The summed E-state index contributed by atoms with van der Waals surface area (Å²) in [6.07, 6.45) is 16.5. The molecule has 0 aromatic carbocycles. The quantitative estimate of drug-likeness (QED) is 0.514. The van der Waals surface area contributed by atoms with Crippen LogP contribution in [-0.2, 0) is 0 Å². The molecule has 0 heterocycles. The Hall–Kier alpha value is -0.900. The summed E-state index contributed by atoms with van der Waals surface area (Å²) in [5, 5.41) is 30.2. The highest BCUT2D eigenvalue weighted by atomic mass is 16.3. The maximum atomic E-state index is 10.2. The topological polar surface area (TPSA) is 60.7 Å². The fourth-order valence-electron chi connectivity index (χ4n) is 6.39. The average Bonchev–Trinajstić information content (AvgIpc) is 3.00. The molecule has 3 aliphatic rings. The van der Waals surface area contributed by atoms with Crippen molar-refractivity contribution in [2.75, 3.05) is 0 Å². The maximum Gasteiger partial charge on any atom is 0.0651 e. The predicted molar refractivity (Wildman–Crippen MR) is 124 cm³/mol. The van der Waals surface area contributed by atoms with Gasteiger partial charge in [-0.1, -0.05) is 56.2 Å². The molecule has 3 nitrogen and oxygen atoms in total. The van der Waals surface area contributed by atoms with Crippen LogP contribution in [0.25, 0.3) is 0 Å². The van der Waals surface area contributed by atoms with Gasteiger partial charge in [-0.15, -0.1) is 0 Å². The van der Waals surface area contributed by atoms with E-state index in [9.17, 15) is 15.3 Å². The van der Waals surface area contributed by atoms with E-state index in [1.807, 2.05) is 13.8 Å². The zero-order valence-electron chi connectivity index (χ0n) is 19.8. The first-order valence-electron chi connectivity index (χ1n) is 12.2. The van der Waals surface area contributed by atoms with E-state index in [-0.39, 0.29) is 5.92 Å². The van der Waals surface area contributed by atoms with Crippen LogP contribution in [0.5, 0.6) is 0 Å². The second-order valence-corrected chi connectivity index (χ2v) is 11.3. The third-order valence-corrected chi connectivity index (χ3v) is 8.56. The van der Waals surface area contributed by atoms with E-state index in [0.717, 1.165) is 0 Å². The van der Waals surface area contributed by atoms with E-state index in [2.05, 4.69) is 45.1 Å². The first-order valence-corrected chi connectivity index (χ1v) is 12.2. The molecule has 0 spiro atoms. The number of aliphatic hydroxyl groups excluding tert-OH is 2. The summed E-state index contributed by atoms with van der Waals surface area (Å²) in [6, 6.07) is 0. The summed E-state index contributed by atoms with van der Waals surface area (Å²) in [4.78, 5) is 0. The summed E-state index contributed by atoms with van der Waals surface area (Å²) in [7, 11) is 0. The number of fused-ring (bicyclic) bond motifs is 1. The van der Waals surface area contributed by atoms with Crippen LogP contribution >= 0.6 is 0 Å². The lowest BCUT2D eigenvalue weighted by atomic mass is 9.61. The van der Waals surface area contributed by atoms with Crippen LogP contribution in [0, 0.1) is 29.1 Å². The molecule has 0 bridgehead atoms. The smallest absolute Gasteiger partial charge is 0.0651 e. The largest absolute Gasteiger partial charge is 0.393 e. The van der Waals surface area contributed by atoms with Crippen LogP contribution in [-0.4, -0.2) is 33.1 Å². The second-order valence-electron chi connectivity index (χ2n) is 11.3. The van der Waals surface area contributed by atoms with Crippen LogP contribution < -0.4 is 0 Å². The van der Waals surface area contributed by atoms with Gasteiger partial charge in [0, 0.05) is 5.92 Å². The van der Waals surface area contributed by atoms with E-state index in [1.54, 1.807) is 5.57 Å². The molecule has 3 fully saturated rings. The number of hydrogen-bond donors (Lipinski definition) is 3. The molecule has 3 N–H and O–H groups in total. The molecule has 0 aromatic rings. The molecule has 3 aliphatic carbocycles. The van der Waals surface area contributed by atoms with Gasteiger partial charge in [0.2, 0.25) is 0 Å². The Morgan fingerprint density at radius 2 is 1.70 bits per heavy atom. The summed E-state index contributed by atoms with van der Waals surface area (Å²) >= 11 is 0. The van der Waals surface area contributed by atoms with Crippen molar-refractivity contribution in [3.05, 3.63) is 35.5 Å². The fourth-order valence-corrected chi connectivity index (χ4v) is 6.39. The lowest BCUT2D eigenvalue weighted by Gasteiger charge is -2.44. The molecule has 3 rings (SSSR count). The molecule has 0 saturated heterocycles. The second kappa shape index (κ2) is 9.30. The third kappa shape index (κ3) is 5.29. The van der Waals surface area contributed by atoms with Gasteiger partial charge in [-0.05, 0) is 88.4 Å². The minimum absolute atomic E-state index is 0.152. The molecular formula is C27H44O3. The summed E-state index contributed by atoms with van der Waals surface area (Å²) in [5.41, 5.74) is 2.43. The summed E-state index contributed by atoms with van der Waals surface area (Å²) in [6.45, 7) is 10.7. The number of aliphatic hydroxyl groups is 3. The van der Waals surface area contributed by atoms with Crippen molar-refractivity contribution in [2.45, 2.75) is 104 Å². The standard InChI is InChI=1S/C27H44O3/c1-18(8-9-19(2)26(3,4)30)24-12-13-25-21(7-6-14-27(24,25)5)11-10-20-15-22(28)17-23(29)16-20/h8-11,18-19,22-25,28-30H,6-7,12-17H2,1-5H3/b9-8+,21-11+/t18-,19+,22-,23-,24-,25+,27-/m0/s1. The zero-order valence-corrected chi connectivity index (χ0v) is 19.8. The molecule has 0 amide bonds. The lowest BCUT2D eigenvalue weighted by Crippen LogP contribution is -2.35. The van der Waals surface area contributed by atoms with Crippen molar-refractivity contribution in [3.8, 4) is 0 Å². The van der Waals surface area contributed by atoms with Crippen LogP contribution in [0.2, 0.25) is 0 Å². The Kier molecular flexibility index (Phi) is 7.37. The first-order chi connectivity index (χ1) is 14.0. The Morgan fingerprint density at radius 3 is 2.33 bits per heavy atom. The van der Waals surface area contributed by atoms with Gasteiger partial charge in [0.05, 0.1) is 17.8 Å². The molecule has 0 aromatic heterocycles. The highest BCUT2D eigenvalue weighted by Gasteiger charge is 2.50. The predicted octanol–water partition coefficient (Wildman–Crippen LogP) is 5.56. The zero-order chi connectivity index (χ0) is 22.1. The highest BCUT2D eigenvalue weighted by Crippen LogP contribution is 2.59. The van der Waals surface area contributed by atoms with E-state index in [4.69, 9.17) is 0 Å². The molecule has 0 radical (unpaired) electrons. The maximum absolute atomic E-state index is 10.2. The molecule has 3 saturated carbocycles. The van der Waals surface area contributed by atoms with Gasteiger partial charge in [-0.25, -0.2) is 0 Å². The third-order valence-electron chi connectivity index (χ3n) is 8.56. The van der Waals surface area contributed by atoms with Gasteiger partial charge in [0.25, 0.3) is 0 Å². The molecule has 0 aliphatic heterocycles. The van der Waals surface area contributed by atoms with Crippen molar-refractivity contribution in [2.24, 2.45) is 29.1 Å². The molecule has 170 valence electrons. The van der Waals surface area contributed by atoms with Crippen LogP contribution in [0.15, 0.2) is 35.5 Å². The first kappa shape index (κ1) is 23.8.